The number of nitrogens with zero attached hydrogens (tertiary/aromatic N) is 1. The molecule has 138 valence electrons. The fourth-order valence-electron chi connectivity index (χ4n) is 2.69. The van der Waals surface area contributed by atoms with Crippen LogP contribution in [-0.4, -0.2) is 32.9 Å². The van der Waals surface area contributed by atoms with Crippen molar-refractivity contribution in [1.82, 2.24) is 0 Å². The molecule has 1 aliphatic heterocycles. The maximum atomic E-state index is 12.4. The van der Waals surface area contributed by atoms with Crippen LogP contribution in [-0.2, 0) is 19.0 Å². The molecule has 2 N–H and O–H groups in total. The summed E-state index contributed by atoms with van der Waals surface area (Å²) in [5, 5.41) is 9.53. The van der Waals surface area contributed by atoms with Gasteiger partial charge in [0.05, 0.1) is 24.7 Å². The first-order chi connectivity index (χ1) is 12.5. The van der Waals surface area contributed by atoms with E-state index in [4.69, 9.17) is 24.7 Å². The molecule has 1 aromatic carbocycles. The van der Waals surface area contributed by atoms with E-state index in [0.717, 1.165) is 0 Å². The van der Waals surface area contributed by atoms with Crippen molar-refractivity contribution in [2.24, 2.45) is 5.73 Å². The summed E-state index contributed by atoms with van der Waals surface area (Å²) < 4.78 is 21.0. The quantitative estimate of drug-likeness (QED) is 0.589. The summed E-state index contributed by atoms with van der Waals surface area (Å²) in [5.41, 5.74) is 7.02. The molecule has 7 nitrogen and oxygen atoms in total. The van der Waals surface area contributed by atoms with Crippen molar-refractivity contribution in [3.8, 4) is 11.8 Å². The molecule has 1 heterocycles. The highest BCUT2D eigenvalue weighted by Gasteiger charge is 2.36. The predicted octanol–water partition coefficient (Wildman–Crippen LogP) is 2.36. The van der Waals surface area contributed by atoms with E-state index in [2.05, 4.69) is 0 Å². The van der Waals surface area contributed by atoms with Crippen molar-refractivity contribution >= 4 is 5.97 Å². The van der Waals surface area contributed by atoms with E-state index < -0.39 is 11.9 Å². The smallest absolute Gasteiger partial charge is 0.338 e. The van der Waals surface area contributed by atoms with Gasteiger partial charge in [0, 0.05) is 7.11 Å². The fourth-order valence-corrected chi connectivity index (χ4v) is 2.69. The van der Waals surface area contributed by atoms with Crippen molar-refractivity contribution < 1.29 is 23.7 Å². The summed E-state index contributed by atoms with van der Waals surface area (Å²) in [7, 11) is 1.60. The van der Waals surface area contributed by atoms with Gasteiger partial charge in [0.25, 0.3) is 0 Å². The highest BCUT2D eigenvalue weighted by molar-refractivity contribution is 5.92. The monoisotopic (exact) mass is 358 g/mol. The van der Waals surface area contributed by atoms with Gasteiger partial charge in [-0.25, -0.2) is 4.79 Å². The largest absolute Gasteiger partial charge is 0.491 e. The topological polar surface area (TPSA) is 104 Å². The standard InChI is InChI=1S/C19H22N2O5/c1-4-24-19(22)16-12(2)26-18(21)15(11-20)17(16)13-5-7-14(8-6-13)25-10-9-23-3/h5-8,17H,4,9-10,21H2,1-3H3. The van der Waals surface area contributed by atoms with Crippen LogP contribution in [0.5, 0.6) is 5.75 Å². The molecule has 1 atom stereocenters. The average Bonchev–Trinajstić information content (AvgIpc) is 2.62. The highest BCUT2D eigenvalue weighted by atomic mass is 16.5. The second-order valence-electron chi connectivity index (χ2n) is 5.53. The van der Waals surface area contributed by atoms with E-state index in [1.165, 1.54) is 0 Å². The third kappa shape index (κ3) is 4.16. The van der Waals surface area contributed by atoms with Crippen LogP contribution in [0.1, 0.15) is 25.3 Å². The second kappa shape index (κ2) is 8.92. The van der Waals surface area contributed by atoms with Crippen LogP contribution in [0, 0.1) is 11.3 Å². The first-order valence-corrected chi connectivity index (χ1v) is 8.20. The van der Waals surface area contributed by atoms with Gasteiger partial charge >= 0.3 is 5.97 Å². The van der Waals surface area contributed by atoms with Crippen molar-refractivity contribution in [1.29, 1.82) is 5.26 Å². The van der Waals surface area contributed by atoms with Crippen molar-refractivity contribution in [3.63, 3.8) is 0 Å². The van der Waals surface area contributed by atoms with Crippen LogP contribution < -0.4 is 10.5 Å². The summed E-state index contributed by atoms with van der Waals surface area (Å²) in [5.74, 6) is -0.211. The molecule has 0 fully saturated rings. The summed E-state index contributed by atoms with van der Waals surface area (Å²) >= 11 is 0. The van der Waals surface area contributed by atoms with E-state index in [9.17, 15) is 10.1 Å². The van der Waals surface area contributed by atoms with Crippen LogP contribution in [0.15, 0.2) is 47.1 Å². The van der Waals surface area contributed by atoms with Gasteiger partial charge in [-0.3, -0.25) is 0 Å². The zero-order chi connectivity index (χ0) is 19.1. The molecule has 0 spiro atoms. The number of nitrogens with two attached hydrogens (primary N) is 1. The maximum Gasteiger partial charge on any atom is 0.338 e. The number of carbonyl (C=O) groups is 1. The van der Waals surface area contributed by atoms with E-state index in [0.29, 0.717) is 30.3 Å². The number of nitriles is 1. The fraction of sp³-hybridized carbons (Fsp3) is 0.368. The molecule has 0 aliphatic carbocycles. The number of allylic oxidation sites excluding steroid dienone is 2. The Bertz CT molecular complexity index is 759. The summed E-state index contributed by atoms with van der Waals surface area (Å²) in [6.07, 6.45) is 0. The second-order valence-corrected chi connectivity index (χ2v) is 5.53. The third-order valence-corrected chi connectivity index (χ3v) is 3.87. The van der Waals surface area contributed by atoms with Gasteiger partial charge in [0.1, 0.15) is 29.8 Å². The molecular weight excluding hydrogens is 336 g/mol. The highest BCUT2D eigenvalue weighted by Crippen LogP contribution is 2.39. The predicted molar refractivity (Wildman–Crippen MR) is 93.8 cm³/mol. The molecule has 1 aliphatic rings. The molecule has 0 saturated carbocycles. The minimum atomic E-state index is -0.652. The lowest BCUT2D eigenvalue weighted by molar-refractivity contribution is -0.139. The minimum absolute atomic E-state index is 0.0107. The van der Waals surface area contributed by atoms with Gasteiger partial charge in [-0.1, -0.05) is 12.1 Å². The van der Waals surface area contributed by atoms with Crippen molar-refractivity contribution in [3.05, 3.63) is 52.6 Å². The van der Waals surface area contributed by atoms with Gasteiger partial charge in [-0.2, -0.15) is 5.26 Å². The lowest BCUT2D eigenvalue weighted by Crippen LogP contribution is -2.25. The normalized spacial score (nSPS) is 16.8. The van der Waals surface area contributed by atoms with E-state index in [1.807, 2.05) is 6.07 Å². The van der Waals surface area contributed by atoms with E-state index in [-0.39, 0.29) is 23.6 Å². The van der Waals surface area contributed by atoms with Gasteiger partial charge in [-0.15, -0.1) is 0 Å². The zero-order valence-corrected chi connectivity index (χ0v) is 15.1. The molecule has 0 saturated heterocycles. The number of methoxy groups -OCH3 is 1. The van der Waals surface area contributed by atoms with Gasteiger partial charge < -0.3 is 24.7 Å². The number of rotatable bonds is 7. The Labute approximate surface area is 152 Å². The number of esters is 1. The molecule has 0 radical (unpaired) electrons. The van der Waals surface area contributed by atoms with E-state index >= 15 is 0 Å². The Morgan fingerprint density at radius 3 is 2.58 bits per heavy atom. The van der Waals surface area contributed by atoms with Crippen molar-refractivity contribution in [2.45, 2.75) is 19.8 Å². The molecule has 2 rings (SSSR count). The molecule has 1 unspecified atom stereocenters. The van der Waals surface area contributed by atoms with Gasteiger partial charge in [0.15, 0.2) is 0 Å². The first kappa shape index (κ1) is 19.3. The summed E-state index contributed by atoms with van der Waals surface area (Å²) in [4.78, 5) is 12.4. The summed E-state index contributed by atoms with van der Waals surface area (Å²) in [6, 6.07) is 9.16. The Hall–Kier alpha value is -2.98. The molecule has 1 aromatic rings. The average molecular weight is 358 g/mol. The molecule has 0 aromatic heterocycles. The molecule has 7 heteroatoms. The van der Waals surface area contributed by atoms with Crippen LogP contribution in [0.2, 0.25) is 0 Å². The Morgan fingerprint density at radius 2 is 2.00 bits per heavy atom. The minimum Gasteiger partial charge on any atom is -0.491 e. The number of hydrogen-bond donors (Lipinski definition) is 1. The Kier molecular flexibility index (Phi) is 6.64. The molecule has 0 bridgehead atoms. The van der Waals surface area contributed by atoms with Gasteiger partial charge in [-0.05, 0) is 31.5 Å². The van der Waals surface area contributed by atoms with Crippen LogP contribution >= 0.6 is 0 Å². The van der Waals surface area contributed by atoms with E-state index in [1.54, 1.807) is 45.2 Å². The number of ether oxygens (including phenoxy) is 4. The molecule has 26 heavy (non-hydrogen) atoms. The third-order valence-electron chi connectivity index (χ3n) is 3.87. The zero-order valence-electron chi connectivity index (χ0n) is 15.1. The van der Waals surface area contributed by atoms with Crippen LogP contribution in [0.4, 0.5) is 0 Å². The number of hydrogen-bond acceptors (Lipinski definition) is 7. The first-order valence-electron chi connectivity index (χ1n) is 8.20. The lowest BCUT2D eigenvalue weighted by atomic mass is 9.83. The number of benzene rings is 1. The Morgan fingerprint density at radius 1 is 1.31 bits per heavy atom. The summed E-state index contributed by atoms with van der Waals surface area (Å²) in [6.45, 7) is 4.47. The number of carbonyl (C=O) groups excluding carboxylic acids is 1. The van der Waals surface area contributed by atoms with Crippen LogP contribution in [0.25, 0.3) is 0 Å². The molecule has 0 amide bonds. The Balaban J connectivity index is 2.38. The lowest BCUT2D eigenvalue weighted by Gasteiger charge is -2.26. The maximum absolute atomic E-state index is 12.4. The molecular formula is C19H22N2O5. The van der Waals surface area contributed by atoms with Crippen molar-refractivity contribution in [2.75, 3.05) is 26.9 Å². The van der Waals surface area contributed by atoms with Gasteiger partial charge in [0.2, 0.25) is 5.88 Å². The van der Waals surface area contributed by atoms with Crippen LogP contribution in [0.3, 0.4) is 0 Å². The SMILES string of the molecule is CCOC(=O)C1=C(C)OC(N)=C(C#N)C1c1ccc(OCCOC)cc1.